The summed E-state index contributed by atoms with van der Waals surface area (Å²) >= 11 is 6.40. The third-order valence-corrected chi connectivity index (χ3v) is 5.90. The van der Waals surface area contributed by atoms with E-state index in [4.69, 9.17) is 21.1 Å². The minimum atomic E-state index is -0.501. The number of amides is 2. The molecule has 1 aromatic heterocycles. The Hall–Kier alpha value is -2.91. The number of urea groups is 1. The average Bonchev–Trinajstić information content (AvgIpc) is 3.46. The molecule has 1 unspecified atom stereocenters. The maximum atomic E-state index is 13.3. The molecule has 0 N–H and O–H groups in total. The number of hydrogen-bond acceptors (Lipinski definition) is 6. The third kappa shape index (κ3) is 3.68. The molecule has 31 heavy (non-hydrogen) atoms. The van der Waals surface area contributed by atoms with Gasteiger partial charge in [-0.2, -0.15) is 5.10 Å². The number of ether oxygens (including phenoxy) is 2. The van der Waals surface area contributed by atoms with E-state index in [1.54, 1.807) is 21.8 Å². The fourth-order valence-corrected chi connectivity index (χ4v) is 4.31. The number of rotatable bonds is 5. The maximum absolute atomic E-state index is 13.3. The zero-order valence-electron chi connectivity index (χ0n) is 16.9. The van der Waals surface area contributed by atoms with Crippen LogP contribution in [0.2, 0.25) is 5.02 Å². The highest BCUT2D eigenvalue weighted by molar-refractivity contribution is 6.32. The van der Waals surface area contributed by atoms with E-state index in [2.05, 4.69) is 10.1 Å². The summed E-state index contributed by atoms with van der Waals surface area (Å²) in [5.74, 6) is 0.539. The molecule has 0 aliphatic carbocycles. The molecule has 0 bridgehead atoms. The molecule has 10 heteroatoms. The van der Waals surface area contributed by atoms with Crippen LogP contribution in [0.1, 0.15) is 24.8 Å². The van der Waals surface area contributed by atoms with E-state index in [0.29, 0.717) is 47.6 Å². The Kier molecular flexibility index (Phi) is 5.37. The minimum Gasteiger partial charge on any atom is -0.462 e. The number of aliphatic imine (C=N–C) groups is 1. The number of esters is 1. The first-order valence-corrected chi connectivity index (χ1v) is 10.8. The molecule has 0 saturated carbocycles. The fourth-order valence-electron chi connectivity index (χ4n) is 4.10. The number of nitrogens with zero attached hydrogens (tertiary/aromatic N) is 5. The van der Waals surface area contributed by atoms with Crippen molar-refractivity contribution in [2.75, 3.05) is 37.7 Å². The van der Waals surface area contributed by atoms with Gasteiger partial charge in [0.25, 0.3) is 0 Å². The summed E-state index contributed by atoms with van der Waals surface area (Å²) in [6.07, 6.45) is 4.18. The first-order chi connectivity index (χ1) is 15.1. The molecule has 3 aliphatic rings. The molecular weight excluding hydrogens is 422 g/mol. The highest BCUT2D eigenvalue weighted by Gasteiger charge is 2.40. The van der Waals surface area contributed by atoms with Crippen LogP contribution >= 0.6 is 11.6 Å². The first kappa shape index (κ1) is 20.0. The van der Waals surface area contributed by atoms with Gasteiger partial charge in [-0.15, -0.1) is 0 Å². The highest BCUT2D eigenvalue weighted by atomic mass is 35.5. The van der Waals surface area contributed by atoms with Gasteiger partial charge in [0.1, 0.15) is 19.0 Å². The molecule has 1 aromatic carbocycles. The van der Waals surface area contributed by atoms with Crippen molar-refractivity contribution in [2.24, 2.45) is 4.99 Å². The van der Waals surface area contributed by atoms with Crippen molar-refractivity contribution >= 4 is 35.3 Å². The molecular formula is C21H22ClN5O4. The van der Waals surface area contributed by atoms with Crippen LogP contribution in [0.15, 0.2) is 35.5 Å². The molecule has 5 rings (SSSR count). The van der Waals surface area contributed by atoms with E-state index in [1.165, 1.54) is 4.90 Å². The lowest BCUT2D eigenvalue weighted by Crippen LogP contribution is -2.54. The Morgan fingerprint density at radius 3 is 2.97 bits per heavy atom. The molecule has 2 amide bonds. The quantitative estimate of drug-likeness (QED) is 0.663. The number of amidine groups is 1. The van der Waals surface area contributed by atoms with Crippen molar-refractivity contribution in [1.82, 2.24) is 14.7 Å². The number of hydrogen-bond donors (Lipinski definition) is 0. The smallest absolute Gasteiger partial charge is 0.331 e. The van der Waals surface area contributed by atoms with Crippen molar-refractivity contribution in [3.05, 3.63) is 41.0 Å². The topological polar surface area (TPSA) is 89.3 Å². The van der Waals surface area contributed by atoms with Crippen LogP contribution in [0, 0.1) is 0 Å². The van der Waals surface area contributed by atoms with Gasteiger partial charge in [-0.3, -0.25) is 19.6 Å². The summed E-state index contributed by atoms with van der Waals surface area (Å²) < 4.78 is 12.5. The van der Waals surface area contributed by atoms with Crippen LogP contribution in [0.25, 0.3) is 5.69 Å². The molecule has 3 aliphatic heterocycles. The molecule has 0 spiro atoms. The summed E-state index contributed by atoms with van der Waals surface area (Å²) in [4.78, 5) is 33.5. The monoisotopic (exact) mass is 443 g/mol. The Labute approximate surface area is 184 Å². The maximum Gasteiger partial charge on any atom is 0.331 e. The summed E-state index contributed by atoms with van der Waals surface area (Å²) in [6, 6.07) is 6.89. The lowest BCUT2D eigenvalue weighted by atomic mass is 10.1. The predicted octanol–water partition coefficient (Wildman–Crippen LogP) is 2.64. The summed E-state index contributed by atoms with van der Waals surface area (Å²) in [5.41, 5.74) is 1.30. The Morgan fingerprint density at radius 2 is 2.16 bits per heavy atom. The van der Waals surface area contributed by atoms with Crippen molar-refractivity contribution in [1.29, 1.82) is 0 Å². The van der Waals surface area contributed by atoms with Crippen LogP contribution < -0.4 is 4.90 Å². The molecule has 1 saturated heterocycles. The van der Waals surface area contributed by atoms with E-state index < -0.39 is 5.97 Å². The second-order valence-electron chi connectivity index (χ2n) is 7.64. The molecule has 9 nitrogen and oxygen atoms in total. The number of para-hydroxylation sites is 1. The minimum absolute atomic E-state index is 0.0777. The SMILES string of the molecule is O=C(CN1C(=O)N2CCCN=C2c2cnn(-c3ccccc3Cl)c21)OCC1CCCO1. The molecule has 162 valence electrons. The number of aromatic nitrogens is 2. The molecule has 1 fully saturated rings. The van der Waals surface area contributed by atoms with Crippen LogP contribution in [0.3, 0.4) is 0 Å². The molecule has 1 atom stereocenters. The van der Waals surface area contributed by atoms with Crippen LogP contribution in [-0.2, 0) is 14.3 Å². The van der Waals surface area contributed by atoms with Crippen molar-refractivity contribution in [3.63, 3.8) is 0 Å². The summed E-state index contributed by atoms with van der Waals surface area (Å²) in [7, 11) is 0. The van der Waals surface area contributed by atoms with Crippen LogP contribution in [0.4, 0.5) is 10.6 Å². The van der Waals surface area contributed by atoms with E-state index in [9.17, 15) is 9.59 Å². The Bertz CT molecular complexity index is 1050. The zero-order chi connectivity index (χ0) is 21.4. The molecule has 4 heterocycles. The largest absolute Gasteiger partial charge is 0.462 e. The van der Waals surface area contributed by atoms with Gasteiger partial charge in [-0.25, -0.2) is 9.48 Å². The van der Waals surface area contributed by atoms with Crippen LogP contribution in [-0.4, -0.2) is 71.5 Å². The predicted molar refractivity (Wildman–Crippen MR) is 114 cm³/mol. The number of halogens is 1. The van der Waals surface area contributed by atoms with Gasteiger partial charge in [0.05, 0.1) is 28.6 Å². The lowest BCUT2D eigenvalue weighted by Gasteiger charge is -2.37. The lowest BCUT2D eigenvalue weighted by molar-refractivity contribution is -0.145. The van der Waals surface area contributed by atoms with Gasteiger partial charge >= 0.3 is 12.0 Å². The normalized spacial score (nSPS) is 20.4. The molecule has 2 aromatic rings. The van der Waals surface area contributed by atoms with Gasteiger partial charge < -0.3 is 9.47 Å². The van der Waals surface area contributed by atoms with E-state index in [1.807, 2.05) is 18.2 Å². The fraction of sp³-hybridized carbons (Fsp3) is 0.429. The van der Waals surface area contributed by atoms with Gasteiger partial charge in [-0.1, -0.05) is 23.7 Å². The van der Waals surface area contributed by atoms with Crippen LogP contribution in [0.5, 0.6) is 0 Å². The highest BCUT2D eigenvalue weighted by Crippen LogP contribution is 2.34. The van der Waals surface area contributed by atoms with E-state index in [-0.39, 0.29) is 25.3 Å². The van der Waals surface area contributed by atoms with Crippen molar-refractivity contribution in [3.8, 4) is 5.69 Å². The van der Waals surface area contributed by atoms with Crippen molar-refractivity contribution in [2.45, 2.75) is 25.4 Å². The van der Waals surface area contributed by atoms with E-state index in [0.717, 1.165) is 19.3 Å². The number of carbonyl (C=O) groups is 2. The summed E-state index contributed by atoms with van der Waals surface area (Å²) in [5, 5.41) is 4.96. The van der Waals surface area contributed by atoms with Crippen molar-refractivity contribution < 1.29 is 19.1 Å². The Morgan fingerprint density at radius 1 is 1.29 bits per heavy atom. The Balaban J connectivity index is 1.49. The first-order valence-electron chi connectivity index (χ1n) is 10.4. The van der Waals surface area contributed by atoms with Gasteiger partial charge in [0, 0.05) is 19.7 Å². The summed E-state index contributed by atoms with van der Waals surface area (Å²) in [6.45, 7) is 1.81. The second-order valence-corrected chi connectivity index (χ2v) is 8.05. The van der Waals surface area contributed by atoms with Gasteiger partial charge in [0.15, 0.2) is 5.82 Å². The van der Waals surface area contributed by atoms with Gasteiger partial charge in [0.2, 0.25) is 0 Å². The number of benzene rings is 1. The molecule has 0 radical (unpaired) electrons. The average molecular weight is 444 g/mol. The number of anilines is 1. The number of fused-ring (bicyclic) bond motifs is 3. The third-order valence-electron chi connectivity index (χ3n) is 5.58. The zero-order valence-corrected chi connectivity index (χ0v) is 17.6. The van der Waals surface area contributed by atoms with Gasteiger partial charge in [-0.05, 0) is 31.4 Å². The number of carbonyl (C=O) groups excluding carboxylic acids is 2. The standard InChI is InChI=1S/C21H22ClN5O4/c22-16-6-1-2-7-17(16)27-20-15(11-24-27)19-23-8-4-9-25(19)21(29)26(20)12-18(28)31-13-14-5-3-10-30-14/h1-2,6-7,11,14H,3-5,8-10,12-13H2. The van der Waals surface area contributed by atoms with E-state index >= 15 is 0 Å². The second kappa shape index (κ2) is 8.32.